The lowest BCUT2D eigenvalue weighted by atomic mass is 9.95. The van der Waals surface area contributed by atoms with Gasteiger partial charge in [0, 0.05) is 23.6 Å². The Morgan fingerprint density at radius 3 is 2.39 bits per heavy atom. The molecule has 0 radical (unpaired) electrons. The topological polar surface area (TPSA) is 79.7 Å². The molecule has 1 aliphatic rings. The van der Waals surface area contributed by atoms with Crippen LogP contribution in [0.15, 0.2) is 72.6 Å². The highest BCUT2D eigenvalue weighted by molar-refractivity contribution is 6.51. The number of carbonyl (C=O) groups is 2. The Morgan fingerprint density at radius 1 is 1.06 bits per heavy atom. The van der Waals surface area contributed by atoms with Crippen LogP contribution in [-0.4, -0.2) is 28.9 Å². The maximum atomic E-state index is 13.1. The van der Waals surface area contributed by atoms with Gasteiger partial charge in [0.1, 0.15) is 11.5 Å². The van der Waals surface area contributed by atoms with E-state index in [1.807, 2.05) is 19.1 Å². The van der Waals surface area contributed by atoms with Crippen LogP contribution in [0.1, 0.15) is 22.7 Å². The van der Waals surface area contributed by atoms with Crippen LogP contribution in [0, 0.1) is 6.92 Å². The minimum atomic E-state index is -0.813. The molecular weight excluding hydrogens is 416 g/mol. The van der Waals surface area contributed by atoms with E-state index in [1.54, 1.807) is 48.8 Å². The van der Waals surface area contributed by atoms with Gasteiger partial charge in [-0.25, -0.2) is 0 Å². The predicted octanol–water partition coefficient (Wildman–Crippen LogP) is 4.68. The Bertz CT molecular complexity index is 1190. The number of aryl methyl sites for hydroxylation is 1. The number of halogens is 1. The number of methoxy groups -OCH3 is 1. The molecule has 1 unspecified atom stereocenters. The van der Waals surface area contributed by atoms with Crippen molar-refractivity contribution in [2.45, 2.75) is 13.0 Å². The van der Waals surface area contributed by atoms with Crippen LogP contribution in [0.2, 0.25) is 5.02 Å². The molecule has 1 saturated heterocycles. The zero-order valence-electron chi connectivity index (χ0n) is 16.9. The van der Waals surface area contributed by atoms with E-state index in [-0.39, 0.29) is 11.3 Å². The highest BCUT2D eigenvalue weighted by Crippen LogP contribution is 2.42. The number of pyridine rings is 1. The van der Waals surface area contributed by atoms with Crippen LogP contribution >= 0.6 is 11.6 Å². The molecule has 0 saturated carbocycles. The van der Waals surface area contributed by atoms with Crippen LogP contribution < -0.4 is 9.64 Å². The molecule has 2 heterocycles. The Kier molecular flexibility index (Phi) is 5.48. The Balaban J connectivity index is 1.93. The number of aliphatic hydroxyl groups excluding tert-OH is 1. The average Bonchev–Trinajstić information content (AvgIpc) is 3.05. The van der Waals surface area contributed by atoms with Crippen molar-refractivity contribution in [3.63, 3.8) is 0 Å². The van der Waals surface area contributed by atoms with Gasteiger partial charge in [0.2, 0.25) is 0 Å². The van der Waals surface area contributed by atoms with Crippen molar-refractivity contribution in [1.82, 2.24) is 4.98 Å². The molecule has 0 bridgehead atoms. The van der Waals surface area contributed by atoms with Crippen molar-refractivity contribution in [1.29, 1.82) is 0 Å². The first kappa shape index (κ1) is 20.6. The predicted molar refractivity (Wildman–Crippen MR) is 118 cm³/mol. The molecule has 0 aliphatic carbocycles. The smallest absolute Gasteiger partial charge is 0.300 e. The molecule has 1 aliphatic heterocycles. The molecule has 156 valence electrons. The summed E-state index contributed by atoms with van der Waals surface area (Å²) < 4.78 is 5.22. The van der Waals surface area contributed by atoms with Gasteiger partial charge in [-0.3, -0.25) is 19.5 Å². The van der Waals surface area contributed by atoms with E-state index in [0.29, 0.717) is 27.6 Å². The number of nitrogens with zero attached hydrogens (tertiary/aromatic N) is 2. The van der Waals surface area contributed by atoms with Crippen molar-refractivity contribution in [2.24, 2.45) is 0 Å². The first-order chi connectivity index (χ1) is 14.9. The lowest BCUT2D eigenvalue weighted by Crippen LogP contribution is -2.29. The van der Waals surface area contributed by atoms with Crippen molar-refractivity contribution in [3.8, 4) is 5.75 Å². The molecule has 31 heavy (non-hydrogen) atoms. The van der Waals surface area contributed by atoms with E-state index < -0.39 is 17.7 Å². The Morgan fingerprint density at radius 2 is 1.74 bits per heavy atom. The van der Waals surface area contributed by atoms with Crippen LogP contribution in [0.5, 0.6) is 5.75 Å². The molecule has 1 amide bonds. The average molecular weight is 435 g/mol. The summed E-state index contributed by atoms with van der Waals surface area (Å²) in [5.74, 6) is -1.44. The van der Waals surface area contributed by atoms with E-state index in [9.17, 15) is 14.7 Å². The number of aliphatic hydroxyl groups is 1. The van der Waals surface area contributed by atoms with Gasteiger partial charge < -0.3 is 9.84 Å². The quantitative estimate of drug-likeness (QED) is 0.366. The van der Waals surface area contributed by atoms with Gasteiger partial charge in [0.05, 0.1) is 23.7 Å². The van der Waals surface area contributed by atoms with Crippen molar-refractivity contribution in [3.05, 3.63) is 94.3 Å². The summed E-state index contributed by atoms with van der Waals surface area (Å²) in [5.41, 5.74) is 2.54. The zero-order chi connectivity index (χ0) is 22.1. The molecule has 6 nitrogen and oxygen atoms in total. The van der Waals surface area contributed by atoms with Gasteiger partial charge in [0.25, 0.3) is 11.7 Å². The van der Waals surface area contributed by atoms with Gasteiger partial charge >= 0.3 is 0 Å². The Labute approximate surface area is 184 Å². The first-order valence-corrected chi connectivity index (χ1v) is 9.91. The van der Waals surface area contributed by atoms with Crippen molar-refractivity contribution in [2.75, 3.05) is 12.0 Å². The summed E-state index contributed by atoms with van der Waals surface area (Å²) >= 11 is 6.09. The van der Waals surface area contributed by atoms with Crippen LogP contribution in [0.3, 0.4) is 0 Å². The molecule has 1 atom stereocenters. The van der Waals surface area contributed by atoms with Gasteiger partial charge in [-0.15, -0.1) is 0 Å². The second-order valence-corrected chi connectivity index (χ2v) is 7.54. The zero-order valence-corrected chi connectivity index (χ0v) is 17.6. The van der Waals surface area contributed by atoms with Crippen LogP contribution in [0.4, 0.5) is 5.69 Å². The molecule has 7 heteroatoms. The maximum absolute atomic E-state index is 13.1. The summed E-state index contributed by atoms with van der Waals surface area (Å²) in [6.45, 7) is 1.94. The number of carbonyl (C=O) groups excluding carboxylic acids is 2. The molecule has 4 rings (SSSR count). The van der Waals surface area contributed by atoms with Gasteiger partial charge in [0.15, 0.2) is 0 Å². The van der Waals surface area contributed by atoms with Gasteiger partial charge in [-0.2, -0.15) is 0 Å². The largest absolute Gasteiger partial charge is 0.507 e. The third-order valence-electron chi connectivity index (χ3n) is 5.20. The first-order valence-electron chi connectivity index (χ1n) is 9.54. The molecule has 1 N–H and O–H groups in total. The highest BCUT2D eigenvalue weighted by Gasteiger charge is 2.47. The molecule has 2 aromatic carbocycles. The second kappa shape index (κ2) is 8.24. The van der Waals surface area contributed by atoms with E-state index >= 15 is 0 Å². The molecular formula is C24H19ClN2O4. The molecule has 1 fully saturated rings. The highest BCUT2D eigenvalue weighted by atomic mass is 35.5. The van der Waals surface area contributed by atoms with Crippen LogP contribution in [-0.2, 0) is 9.59 Å². The lowest BCUT2D eigenvalue weighted by molar-refractivity contribution is -0.132. The fourth-order valence-corrected chi connectivity index (χ4v) is 3.82. The SMILES string of the molecule is COc1cc(/C(O)=C2/C(=O)C(=O)N(c3ccc(C)cc3)C2c2ccncc2)ccc1Cl. The summed E-state index contributed by atoms with van der Waals surface area (Å²) in [4.78, 5) is 31.6. The number of Topliss-reactive ketones (excluding diaryl/α,β-unsaturated/α-hetero) is 1. The van der Waals surface area contributed by atoms with Crippen LogP contribution in [0.25, 0.3) is 5.76 Å². The minimum absolute atomic E-state index is 0.0128. The number of ether oxygens (including phenoxy) is 1. The molecule has 1 aromatic heterocycles. The minimum Gasteiger partial charge on any atom is -0.507 e. The van der Waals surface area contributed by atoms with E-state index in [0.717, 1.165) is 5.56 Å². The van der Waals surface area contributed by atoms with E-state index in [1.165, 1.54) is 18.1 Å². The number of aromatic nitrogens is 1. The monoisotopic (exact) mass is 434 g/mol. The Hall–Kier alpha value is -3.64. The summed E-state index contributed by atoms with van der Waals surface area (Å²) in [6.07, 6.45) is 3.16. The summed E-state index contributed by atoms with van der Waals surface area (Å²) in [5, 5.41) is 11.5. The molecule has 0 spiro atoms. The molecule has 3 aromatic rings. The van der Waals surface area contributed by atoms with E-state index in [4.69, 9.17) is 16.3 Å². The number of hydrogen-bond donors (Lipinski definition) is 1. The summed E-state index contributed by atoms with van der Waals surface area (Å²) in [7, 11) is 1.46. The number of benzene rings is 2. The number of ketones is 1. The summed E-state index contributed by atoms with van der Waals surface area (Å²) in [6, 6.07) is 14.6. The number of anilines is 1. The number of rotatable bonds is 4. The normalized spacial score (nSPS) is 17.8. The fraction of sp³-hybridized carbons (Fsp3) is 0.125. The third kappa shape index (κ3) is 3.66. The van der Waals surface area contributed by atoms with Gasteiger partial charge in [-0.05, 0) is 55.0 Å². The third-order valence-corrected chi connectivity index (χ3v) is 5.52. The second-order valence-electron chi connectivity index (χ2n) is 7.13. The maximum Gasteiger partial charge on any atom is 0.300 e. The number of hydrogen-bond acceptors (Lipinski definition) is 5. The lowest BCUT2D eigenvalue weighted by Gasteiger charge is -2.25. The van der Waals surface area contributed by atoms with Crippen molar-refractivity contribution >= 4 is 34.7 Å². The standard InChI is InChI=1S/C24H19ClN2O4/c1-14-3-6-17(7-4-14)27-21(15-9-11-26-12-10-15)20(23(29)24(27)30)22(28)16-5-8-18(25)19(13-16)31-2/h3-13,21,28H,1-2H3/b22-20-. The van der Waals surface area contributed by atoms with Crippen molar-refractivity contribution < 1.29 is 19.4 Å². The number of amides is 1. The van der Waals surface area contributed by atoms with Gasteiger partial charge in [-0.1, -0.05) is 29.3 Å². The van der Waals surface area contributed by atoms with E-state index in [2.05, 4.69) is 4.98 Å². The fourth-order valence-electron chi connectivity index (χ4n) is 3.63.